The van der Waals surface area contributed by atoms with Crippen LogP contribution in [0.5, 0.6) is 0 Å². The summed E-state index contributed by atoms with van der Waals surface area (Å²) in [5.41, 5.74) is 0. The maximum absolute atomic E-state index is 4.05. The van der Waals surface area contributed by atoms with Crippen molar-refractivity contribution in [1.82, 2.24) is 24.3 Å². The second-order valence-electron chi connectivity index (χ2n) is 2.96. The third-order valence-electron chi connectivity index (χ3n) is 2.07. The smallest absolute Gasteiger partial charge is 0.152 e. The fourth-order valence-corrected chi connectivity index (χ4v) is 1.13. The van der Waals surface area contributed by atoms with Gasteiger partial charge in [0.05, 0.1) is 12.9 Å². The van der Waals surface area contributed by atoms with E-state index in [4.69, 9.17) is 0 Å². The van der Waals surface area contributed by atoms with Crippen molar-refractivity contribution in [2.24, 2.45) is 7.05 Å². The normalized spacial score (nSPS) is 10.6. The Balaban J connectivity index is 2.24. The zero-order valence-electron chi connectivity index (χ0n) is 7.68. The predicted octanol–water partition coefficient (Wildman–Crippen LogP) is 0.368. The van der Waals surface area contributed by atoms with E-state index in [2.05, 4.69) is 15.2 Å². The van der Waals surface area contributed by atoms with Crippen molar-refractivity contribution >= 4 is 0 Å². The Morgan fingerprint density at radius 1 is 1.38 bits per heavy atom. The van der Waals surface area contributed by atoms with Gasteiger partial charge in [0.25, 0.3) is 0 Å². The van der Waals surface area contributed by atoms with E-state index in [0.717, 1.165) is 18.2 Å². The van der Waals surface area contributed by atoms with Gasteiger partial charge in [0.1, 0.15) is 5.82 Å². The summed E-state index contributed by atoms with van der Waals surface area (Å²) in [7, 11) is 1.96. The minimum absolute atomic E-state index is 0.720. The number of aromatic nitrogens is 5. The van der Waals surface area contributed by atoms with Gasteiger partial charge in [-0.25, -0.2) is 4.98 Å². The molecule has 2 aromatic heterocycles. The molecule has 5 nitrogen and oxygen atoms in total. The molecular formula is C8H11N5. The molecule has 68 valence electrons. The van der Waals surface area contributed by atoms with Crippen LogP contribution in [0.4, 0.5) is 0 Å². The molecule has 0 fully saturated rings. The Morgan fingerprint density at radius 2 is 2.23 bits per heavy atom. The highest BCUT2D eigenvalue weighted by Crippen LogP contribution is 1.99. The summed E-state index contributed by atoms with van der Waals surface area (Å²) in [6.07, 6.45) is 5.43. The lowest BCUT2D eigenvalue weighted by Crippen LogP contribution is -2.04. The highest BCUT2D eigenvalue weighted by Gasteiger charge is 2.04. The van der Waals surface area contributed by atoms with E-state index in [1.807, 2.05) is 29.3 Å². The van der Waals surface area contributed by atoms with Crippen LogP contribution in [0.15, 0.2) is 18.7 Å². The highest BCUT2D eigenvalue weighted by molar-refractivity contribution is 4.94. The van der Waals surface area contributed by atoms with Crippen LogP contribution in [0, 0.1) is 6.92 Å². The lowest BCUT2D eigenvalue weighted by Gasteiger charge is -2.01. The van der Waals surface area contributed by atoms with Crippen LogP contribution in [0.1, 0.15) is 11.6 Å². The van der Waals surface area contributed by atoms with Crippen molar-refractivity contribution in [3.8, 4) is 0 Å². The summed E-state index contributed by atoms with van der Waals surface area (Å²) in [5.74, 6) is 1.87. The van der Waals surface area contributed by atoms with Gasteiger partial charge in [0.2, 0.25) is 0 Å². The Morgan fingerprint density at radius 3 is 2.77 bits per heavy atom. The van der Waals surface area contributed by atoms with Crippen molar-refractivity contribution in [2.75, 3.05) is 0 Å². The van der Waals surface area contributed by atoms with E-state index in [1.54, 1.807) is 12.5 Å². The van der Waals surface area contributed by atoms with Crippen molar-refractivity contribution in [1.29, 1.82) is 0 Å². The molecule has 13 heavy (non-hydrogen) atoms. The van der Waals surface area contributed by atoms with Gasteiger partial charge in [-0.2, -0.15) is 0 Å². The molecule has 2 aromatic rings. The fourth-order valence-electron chi connectivity index (χ4n) is 1.13. The topological polar surface area (TPSA) is 48.5 Å². The Labute approximate surface area is 76.0 Å². The molecule has 0 aliphatic carbocycles. The molecule has 0 unspecified atom stereocenters. The van der Waals surface area contributed by atoms with Crippen LogP contribution in [0.25, 0.3) is 0 Å². The van der Waals surface area contributed by atoms with Crippen LogP contribution < -0.4 is 0 Å². The highest BCUT2D eigenvalue weighted by atomic mass is 15.3. The second-order valence-corrected chi connectivity index (χ2v) is 2.96. The van der Waals surface area contributed by atoms with E-state index < -0.39 is 0 Å². The molecule has 0 aliphatic rings. The molecule has 0 atom stereocenters. The lowest BCUT2D eigenvalue weighted by molar-refractivity contribution is 0.690. The van der Waals surface area contributed by atoms with Crippen molar-refractivity contribution in [3.05, 3.63) is 30.4 Å². The van der Waals surface area contributed by atoms with E-state index in [9.17, 15) is 0 Å². The summed E-state index contributed by atoms with van der Waals surface area (Å²) in [6.45, 7) is 2.65. The number of hydrogen-bond acceptors (Lipinski definition) is 3. The van der Waals surface area contributed by atoms with E-state index in [1.165, 1.54) is 0 Å². The third kappa shape index (κ3) is 1.44. The van der Waals surface area contributed by atoms with Crippen molar-refractivity contribution in [2.45, 2.75) is 13.5 Å². The molecule has 0 spiro atoms. The third-order valence-corrected chi connectivity index (χ3v) is 2.07. The first-order valence-electron chi connectivity index (χ1n) is 4.08. The largest absolute Gasteiger partial charge is 0.330 e. The zero-order valence-corrected chi connectivity index (χ0v) is 7.68. The number of hydrogen-bond donors (Lipinski definition) is 0. The first-order chi connectivity index (χ1) is 6.27. The maximum atomic E-state index is 4.05. The monoisotopic (exact) mass is 177 g/mol. The quantitative estimate of drug-likeness (QED) is 0.665. The first kappa shape index (κ1) is 7.97. The van der Waals surface area contributed by atoms with Gasteiger partial charge in [-0.3, -0.25) is 0 Å². The minimum Gasteiger partial charge on any atom is -0.330 e. The molecule has 0 aromatic carbocycles. The zero-order chi connectivity index (χ0) is 9.26. The second kappa shape index (κ2) is 3.01. The molecule has 0 N–H and O–H groups in total. The van der Waals surface area contributed by atoms with E-state index in [0.29, 0.717) is 0 Å². The molecule has 0 saturated heterocycles. The van der Waals surface area contributed by atoms with Crippen molar-refractivity contribution < 1.29 is 0 Å². The standard InChI is InChI=1S/C8H11N5/c1-7-10-11-8(12(7)2)5-13-4-3-9-6-13/h3-4,6H,5H2,1-2H3. The first-order valence-corrected chi connectivity index (χ1v) is 4.08. The molecule has 0 aliphatic heterocycles. The van der Waals surface area contributed by atoms with Gasteiger partial charge in [-0.05, 0) is 6.92 Å². The molecule has 0 radical (unpaired) electrons. The number of rotatable bonds is 2. The van der Waals surface area contributed by atoms with Gasteiger partial charge >= 0.3 is 0 Å². The average molecular weight is 177 g/mol. The fraction of sp³-hybridized carbons (Fsp3) is 0.375. The van der Waals surface area contributed by atoms with Crippen molar-refractivity contribution in [3.63, 3.8) is 0 Å². The van der Waals surface area contributed by atoms with Crippen LogP contribution in [0.2, 0.25) is 0 Å². The van der Waals surface area contributed by atoms with Gasteiger partial charge in [0, 0.05) is 19.4 Å². The molecule has 0 amide bonds. The van der Waals surface area contributed by atoms with Crippen LogP contribution in [0.3, 0.4) is 0 Å². The lowest BCUT2D eigenvalue weighted by atomic mass is 10.5. The molecule has 2 heterocycles. The summed E-state index contributed by atoms with van der Waals surface area (Å²) in [5, 5.41) is 8.03. The molecule has 0 saturated carbocycles. The predicted molar refractivity (Wildman–Crippen MR) is 47.1 cm³/mol. The van der Waals surface area contributed by atoms with E-state index in [-0.39, 0.29) is 0 Å². The van der Waals surface area contributed by atoms with Crippen LogP contribution in [-0.2, 0) is 13.6 Å². The Bertz CT molecular complexity index is 387. The number of imidazole rings is 1. The Kier molecular flexibility index (Phi) is 1.84. The van der Waals surface area contributed by atoms with Gasteiger partial charge in [0.15, 0.2) is 5.82 Å². The summed E-state index contributed by atoms with van der Waals surface area (Å²) in [6, 6.07) is 0. The molecule has 2 rings (SSSR count). The maximum Gasteiger partial charge on any atom is 0.152 e. The minimum atomic E-state index is 0.720. The van der Waals surface area contributed by atoms with Gasteiger partial charge in [-0.1, -0.05) is 0 Å². The van der Waals surface area contributed by atoms with Crippen LogP contribution >= 0.6 is 0 Å². The van der Waals surface area contributed by atoms with E-state index >= 15 is 0 Å². The summed E-state index contributed by atoms with van der Waals surface area (Å²) < 4.78 is 3.93. The average Bonchev–Trinajstić information content (AvgIpc) is 2.71. The molecule has 0 bridgehead atoms. The number of aryl methyl sites for hydroxylation is 1. The summed E-state index contributed by atoms with van der Waals surface area (Å²) >= 11 is 0. The summed E-state index contributed by atoms with van der Waals surface area (Å²) in [4.78, 5) is 3.96. The molecular weight excluding hydrogens is 166 g/mol. The van der Waals surface area contributed by atoms with Gasteiger partial charge in [-0.15, -0.1) is 10.2 Å². The van der Waals surface area contributed by atoms with Crippen LogP contribution in [-0.4, -0.2) is 24.3 Å². The molecule has 5 heteroatoms. The Hall–Kier alpha value is -1.65. The SMILES string of the molecule is Cc1nnc(Cn2ccnc2)n1C. The van der Waals surface area contributed by atoms with Gasteiger partial charge < -0.3 is 9.13 Å². The number of nitrogens with zero attached hydrogens (tertiary/aromatic N) is 5.